The largest absolute Gasteiger partial charge is 0.467 e. The lowest BCUT2D eigenvalue weighted by Crippen LogP contribution is -2.53. The Morgan fingerprint density at radius 3 is 1.93 bits per heavy atom. The number of nitrogens with zero attached hydrogens (tertiary/aromatic N) is 2. The van der Waals surface area contributed by atoms with Gasteiger partial charge < -0.3 is 38.8 Å². The van der Waals surface area contributed by atoms with E-state index in [0.717, 1.165) is 37.1 Å². The van der Waals surface area contributed by atoms with E-state index in [1.165, 1.54) is 14.2 Å². The average Bonchev–Trinajstić information content (AvgIpc) is 3.39. The number of ether oxygens (including phenoxy) is 5. The molecule has 0 bridgehead atoms. The Kier molecular flexibility index (Phi) is 11.9. The number of hydrogen-bond donors (Lipinski definition) is 2. The monoisotopic (exact) mass is 786 g/mol. The fraction of sp³-hybridized carbons (Fsp3) is 0.452. The zero-order valence-corrected chi connectivity index (χ0v) is 32.5. The number of nitrogens with one attached hydrogen (secondary N) is 2. The summed E-state index contributed by atoms with van der Waals surface area (Å²) in [5, 5.41) is 12.4. The van der Waals surface area contributed by atoms with Gasteiger partial charge in [-0.1, -0.05) is 25.0 Å². The highest BCUT2D eigenvalue weighted by Gasteiger charge is 2.56. The van der Waals surface area contributed by atoms with E-state index < -0.39 is 23.3 Å². The van der Waals surface area contributed by atoms with Gasteiger partial charge in [0.25, 0.3) is 5.91 Å². The maximum absolute atomic E-state index is 14.0. The van der Waals surface area contributed by atoms with Gasteiger partial charge in [0.05, 0.1) is 45.2 Å². The van der Waals surface area contributed by atoms with E-state index in [-0.39, 0.29) is 30.1 Å². The highest BCUT2D eigenvalue weighted by molar-refractivity contribution is 6.53. The summed E-state index contributed by atoms with van der Waals surface area (Å²) in [6, 6.07) is 15.1. The molecule has 2 N–H and O–H groups in total. The zero-order chi connectivity index (χ0) is 39.4. The maximum Gasteiger partial charge on any atom is 0.328 e. The number of rotatable bonds is 17. The summed E-state index contributed by atoms with van der Waals surface area (Å²) < 4.78 is 28.0. The Morgan fingerprint density at radius 1 is 0.786 bits per heavy atom. The highest BCUT2D eigenvalue weighted by atomic mass is 35.5. The third kappa shape index (κ3) is 7.12. The van der Waals surface area contributed by atoms with E-state index in [9.17, 15) is 24.6 Å². The van der Waals surface area contributed by atoms with E-state index >= 15 is 0 Å². The van der Waals surface area contributed by atoms with Crippen molar-refractivity contribution in [3.8, 4) is 11.5 Å². The van der Waals surface area contributed by atoms with Gasteiger partial charge in [-0.3, -0.25) is 15.0 Å². The van der Waals surface area contributed by atoms with Crippen LogP contribution in [0.5, 0.6) is 11.5 Å². The topological polar surface area (TPSA) is 157 Å². The Labute approximate surface area is 331 Å². The van der Waals surface area contributed by atoms with Gasteiger partial charge in [-0.25, -0.2) is 9.59 Å². The molecule has 0 saturated carbocycles. The fourth-order valence-electron chi connectivity index (χ4n) is 8.09. The first-order valence-electron chi connectivity index (χ1n) is 19.2. The summed E-state index contributed by atoms with van der Waals surface area (Å²) in [4.78, 5) is 56.4. The number of alkyl halides is 1. The molecule has 2 fully saturated rings. The SMILES string of the molecule is COC(=O)[C@H]1CCN1c1ccc2c(c1)Oc1cc(N3CC[C@@H]3C(=O)OC)ccc1C21C(=N)C(=O)c2ccc(C(=O)NCCOCCOCCCCCCCl)cc21. The van der Waals surface area contributed by atoms with Gasteiger partial charge in [0.15, 0.2) is 0 Å². The molecule has 1 spiro atoms. The molecule has 0 radical (unpaired) electrons. The van der Waals surface area contributed by atoms with Crippen molar-refractivity contribution in [2.75, 3.05) is 76.0 Å². The van der Waals surface area contributed by atoms with E-state index in [0.29, 0.717) is 97.6 Å². The molecule has 3 aromatic rings. The standard InChI is InChI=1S/C42H47ClN4O9/c1-52-40(50)33-13-17-46(33)27-8-11-30-35(24-27)56-36-25-28(47-18-14-34(47)41(51)53-2)9-12-31(36)42(30)32-23-26(7-10-29(32)37(48)38(42)44)39(49)45-16-20-55-22-21-54-19-6-4-3-5-15-43/h7-12,23-25,33-34,44H,3-6,13-22H2,1-2H3,(H,45,49)/t33-,34-/m1/s1. The number of ketones is 1. The van der Waals surface area contributed by atoms with Crippen LogP contribution in [0.2, 0.25) is 0 Å². The molecule has 296 valence electrons. The molecular weight excluding hydrogens is 740 g/mol. The number of methoxy groups -OCH3 is 2. The van der Waals surface area contributed by atoms with Gasteiger partial charge in [-0.05, 0) is 61.6 Å². The molecule has 4 aliphatic rings. The van der Waals surface area contributed by atoms with Gasteiger partial charge in [0.1, 0.15) is 23.6 Å². The third-order valence-electron chi connectivity index (χ3n) is 11.2. The van der Waals surface area contributed by atoms with Crippen molar-refractivity contribution in [1.82, 2.24) is 5.32 Å². The molecule has 1 aliphatic carbocycles. The van der Waals surface area contributed by atoms with Gasteiger partial charge in [0.2, 0.25) is 5.78 Å². The van der Waals surface area contributed by atoms with Crippen molar-refractivity contribution < 1.29 is 42.9 Å². The molecule has 2 saturated heterocycles. The molecule has 2 atom stereocenters. The Balaban J connectivity index is 1.16. The number of fused-ring (bicyclic) bond motifs is 6. The number of hydrogen-bond acceptors (Lipinski definition) is 12. The summed E-state index contributed by atoms with van der Waals surface area (Å²) in [7, 11) is 2.73. The first-order chi connectivity index (χ1) is 27.2. The molecule has 0 aromatic heterocycles. The first kappa shape index (κ1) is 39.3. The van der Waals surface area contributed by atoms with Crippen molar-refractivity contribution in [3.05, 3.63) is 82.4 Å². The van der Waals surface area contributed by atoms with Crippen LogP contribution in [0, 0.1) is 5.41 Å². The summed E-state index contributed by atoms with van der Waals surface area (Å²) in [5.41, 5.74) is 2.14. The number of Topliss-reactive ketones (excluding diaryl/α,β-unsaturated/α-hetero) is 1. The predicted octanol–water partition coefficient (Wildman–Crippen LogP) is 5.41. The second-order valence-electron chi connectivity index (χ2n) is 14.3. The molecular formula is C42H47ClN4O9. The van der Waals surface area contributed by atoms with Crippen molar-refractivity contribution in [2.45, 2.75) is 56.0 Å². The van der Waals surface area contributed by atoms with Gasteiger partial charge in [-0.2, -0.15) is 0 Å². The number of carbonyl (C=O) groups is 4. The summed E-state index contributed by atoms with van der Waals surface area (Å²) >= 11 is 5.72. The Bertz CT molecular complexity index is 1940. The van der Waals surface area contributed by atoms with Gasteiger partial charge in [-0.15, -0.1) is 11.6 Å². The summed E-state index contributed by atoms with van der Waals surface area (Å²) in [6.07, 6.45) is 5.48. The summed E-state index contributed by atoms with van der Waals surface area (Å²) in [6.45, 7) is 3.40. The molecule has 1 amide bonds. The molecule has 3 aliphatic heterocycles. The van der Waals surface area contributed by atoms with Gasteiger partial charge >= 0.3 is 11.9 Å². The lowest BCUT2D eigenvalue weighted by atomic mass is 9.67. The molecule has 0 unspecified atom stereocenters. The minimum atomic E-state index is -1.41. The first-order valence-corrected chi connectivity index (χ1v) is 19.7. The number of unbranched alkanes of at least 4 members (excludes halogenated alkanes) is 3. The fourth-order valence-corrected chi connectivity index (χ4v) is 8.28. The minimum Gasteiger partial charge on any atom is -0.467 e. The number of anilines is 2. The normalized spacial score (nSPS) is 18.6. The van der Waals surface area contributed by atoms with Crippen molar-refractivity contribution in [1.29, 1.82) is 5.41 Å². The number of benzene rings is 3. The van der Waals surface area contributed by atoms with E-state index in [4.69, 9.17) is 35.3 Å². The number of esters is 2. The van der Waals surface area contributed by atoms with E-state index in [1.54, 1.807) is 18.2 Å². The van der Waals surface area contributed by atoms with Crippen molar-refractivity contribution in [3.63, 3.8) is 0 Å². The van der Waals surface area contributed by atoms with Crippen LogP contribution in [0.1, 0.15) is 75.9 Å². The molecule has 3 aromatic carbocycles. The van der Waals surface area contributed by atoms with Crippen LogP contribution in [0.25, 0.3) is 0 Å². The van der Waals surface area contributed by atoms with Crippen molar-refractivity contribution >= 4 is 52.3 Å². The van der Waals surface area contributed by atoms with Gasteiger partial charge in [0, 0.05) is 77.9 Å². The Morgan fingerprint density at radius 2 is 1.38 bits per heavy atom. The number of halogens is 1. The number of carbonyl (C=O) groups excluding carboxylic acids is 4. The Hall–Kier alpha value is -4.98. The maximum atomic E-state index is 14.0. The van der Waals surface area contributed by atoms with Crippen LogP contribution >= 0.6 is 11.6 Å². The van der Waals surface area contributed by atoms with Crippen LogP contribution in [0.4, 0.5) is 11.4 Å². The van der Waals surface area contributed by atoms with Crippen molar-refractivity contribution in [2.24, 2.45) is 0 Å². The van der Waals surface area contributed by atoms with Crippen LogP contribution in [0.3, 0.4) is 0 Å². The smallest absolute Gasteiger partial charge is 0.328 e. The predicted molar refractivity (Wildman–Crippen MR) is 210 cm³/mol. The highest BCUT2D eigenvalue weighted by Crippen LogP contribution is 2.57. The van der Waals surface area contributed by atoms with Crippen LogP contribution in [-0.2, 0) is 34.0 Å². The molecule has 56 heavy (non-hydrogen) atoms. The molecule has 13 nitrogen and oxygen atoms in total. The quantitative estimate of drug-likeness (QED) is 0.103. The second kappa shape index (κ2) is 17.0. The van der Waals surface area contributed by atoms with Crippen LogP contribution in [0.15, 0.2) is 54.6 Å². The molecule has 3 heterocycles. The number of amides is 1. The van der Waals surface area contributed by atoms with Crippen LogP contribution < -0.4 is 19.9 Å². The van der Waals surface area contributed by atoms with E-state index in [2.05, 4.69) is 5.32 Å². The zero-order valence-electron chi connectivity index (χ0n) is 31.7. The second-order valence-corrected chi connectivity index (χ2v) is 14.7. The lowest BCUT2D eigenvalue weighted by Gasteiger charge is -2.43. The van der Waals surface area contributed by atoms with E-state index in [1.807, 2.05) is 46.2 Å². The summed E-state index contributed by atoms with van der Waals surface area (Å²) in [5.74, 6) is 0.0331. The molecule has 14 heteroatoms. The minimum absolute atomic E-state index is 0.171. The molecule has 7 rings (SSSR count). The third-order valence-corrected chi connectivity index (χ3v) is 11.5. The lowest BCUT2D eigenvalue weighted by molar-refractivity contribution is -0.144. The van der Waals surface area contributed by atoms with Crippen LogP contribution in [-0.4, -0.2) is 108 Å². The average molecular weight is 787 g/mol.